The number of nitrogens with zero attached hydrogens (tertiary/aromatic N) is 4. The van der Waals surface area contributed by atoms with Crippen LogP contribution in [0.15, 0.2) is 42.5 Å². The molecule has 1 aliphatic rings. The van der Waals surface area contributed by atoms with Gasteiger partial charge in [-0.2, -0.15) is 9.99 Å². The average molecular weight is 379 g/mol. The molecular weight excluding hydrogens is 361 g/mol. The zero-order chi connectivity index (χ0) is 19.8. The van der Waals surface area contributed by atoms with E-state index in [1.807, 2.05) is 4.90 Å². The Morgan fingerprint density at radius 2 is 1.71 bits per heavy atom. The molecule has 2 aromatic carbocycles. The molecule has 1 saturated heterocycles. The van der Waals surface area contributed by atoms with E-state index in [1.165, 1.54) is 6.07 Å². The maximum atomic E-state index is 14.8. The van der Waals surface area contributed by atoms with Crippen LogP contribution in [0.5, 0.6) is 0 Å². The molecular formula is C20H18FN5O2. The van der Waals surface area contributed by atoms with Crippen LogP contribution in [0.25, 0.3) is 22.3 Å². The first kappa shape index (κ1) is 17.9. The number of hydrogen-bond acceptors (Lipinski definition) is 5. The monoisotopic (exact) mass is 379 g/mol. The Bertz CT molecular complexity index is 1090. The van der Waals surface area contributed by atoms with Gasteiger partial charge >= 0.3 is 11.4 Å². The summed E-state index contributed by atoms with van der Waals surface area (Å²) in [6.07, 6.45) is 1.44. The van der Waals surface area contributed by atoms with Crippen molar-refractivity contribution in [3.63, 3.8) is 0 Å². The Balaban J connectivity index is 1.96. The van der Waals surface area contributed by atoms with E-state index in [9.17, 15) is 20.1 Å². The SMILES string of the molecule is N#Cc1c(-c2ccccc2)[n+]([O-])c2cc(N3CCC(N)CC3)c(F)cc2[n+]1[O-]. The van der Waals surface area contributed by atoms with Crippen LogP contribution in [0.3, 0.4) is 0 Å². The maximum absolute atomic E-state index is 14.8. The standard InChI is InChI=1S/C20H18FN5O2/c21-15-10-17-18(11-16(15)24-8-6-14(23)7-9-24)26(28)20(19(12-22)25(17)27)13-4-2-1-3-5-13/h1-5,10-11,14H,6-9,23H2. The first-order valence-electron chi connectivity index (χ1n) is 8.99. The van der Waals surface area contributed by atoms with Crippen molar-refractivity contribution in [3.8, 4) is 17.3 Å². The van der Waals surface area contributed by atoms with Crippen molar-refractivity contribution in [1.82, 2.24) is 0 Å². The quantitative estimate of drug-likeness (QED) is 0.539. The predicted octanol–water partition coefficient (Wildman–Crippen LogP) is 1.71. The second kappa shape index (κ2) is 6.94. The molecule has 2 heterocycles. The number of halogens is 1. The normalized spacial score (nSPS) is 15.0. The number of nitrogens with two attached hydrogens (primary N) is 1. The summed E-state index contributed by atoms with van der Waals surface area (Å²) in [6, 6.07) is 12.8. The zero-order valence-corrected chi connectivity index (χ0v) is 15.0. The minimum atomic E-state index is -0.607. The number of nitriles is 1. The molecule has 1 aliphatic heterocycles. The molecule has 0 radical (unpaired) electrons. The van der Waals surface area contributed by atoms with Crippen LogP contribution in [-0.2, 0) is 0 Å². The van der Waals surface area contributed by atoms with Gasteiger partial charge in [-0.25, -0.2) is 4.39 Å². The summed E-state index contributed by atoms with van der Waals surface area (Å²) in [5, 5.41) is 35.3. The van der Waals surface area contributed by atoms with Crippen LogP contribution in [-0.4, -0.2) is 19.1 Å². The first-order chi connectivity index (χ1) is 13.5. The molecule has 0 unspecified atom stereocenters. The third-order valence-corrected chi connectivity index (χ3v) is 5.15. The Labute approximate surface area is 160 Å². The van der Waals surface area contributed by atoms with E-state index < -0.39 is 5.82 Å². The molecule has 0 bridgehead atoms. The lowest BCUT2D eigenvalue weighted by atomic mass is 10.0. The number of anilines is 1. The fourth-order valence-electron chi connectivity index (χ4n) is 3.63. The van der Waals surface area contributed by atoms with Gasteiger partial charge in [0.05, 0.1) is 17.3 Å². The fraction of sp³-hybridized carbons (Fsp3) is 0.250. The topological polar surface area (TPSA) is 107 Å². The van der Waals surface area contributed by atoms with E-state index in [-0.39, 0.29) is 34.2 Å². The van der Waals surface area contributed by atoms with Gasteiger partial charge in [0.15, 0.2) is 11.9 Å². The highest BCUT2D eigenvalue weighted by Crippen LogP contribution is 2.28. The predicted molar refractivity (Wildman–Crippen MR) is 101 cm³/mol. The number of aromatic nitrogens is 2. The fourth-order valence-corrected chi connectivity index (χ4v) is 3.63. The van der Waals surface area contributed by atoms with Crippen molar-refractivity contribution < 1.29 is 13.9 Å². The van der Waals surface area contributed by atoms with Crippen LogP contribution in [0, 0.1) is 27.6 Å². The molecule has 0 aliphatic carbocycles. The lowest BCUT2D eigenvalue weighted by Gasteiger charge is -2.32. The molecule has 1 fully saturated rings. The number of fused-ring (bicyclic) bond motifs is 1. The Hall–Kier alpha value is -3.44. The minimum absolute atomic E-state index is 0.0131. The van der Waals surface area contributed by atoms with Crippen LogP contribution in [0.1, 0.15) is 18.5 Å². The van der Waals surface area contributed by atoms with E-state index in [0.717, 1.165) is 18.9 Å². The Morgan fingerprint density at radius 1 is 1.07 bits per heavy atom. The van der Waals surface area contributed by atoms with E-state index in [4.69, 9.17) is 5.73 Å². The van der Waals surface area contributed by atoms with Gasteiger partial charge in [0.2, 0.25) is 0 Å². The van der Waals surface area contributed by atoms with Gasteiger partial charge in [-0.15, -0.1) is 4.73 Å². The molecule has 3 aromatic rings. The van der Waals surface area contributed by atoms with Gasteiger partial charge in [0.25, 0.3) is 11.0 Å². The van der Waals surface area contributed by atoms with Crippen molar-refractivity contribution in [3.05, 3.63) is 64.4 Å². The Kier molecular flexibility index (Phi) is 4.45. The van der Waals surface area contributed by atoms with Gasteiger partial charge < -0.3 is 21.0 Å². The summed E-state index contributed by atoms with van der Waals surface area (Å²) < 4.78 is 15.6. The molecule has 2 N–H and O–H groups in total. The molecule has 142 valence electrons. The number of hydrogen-bond donors (Lipinski definition) is 1. The van der Waals surface area contributed by atoms with Crippen molar-refractivity contribution in [2.45, 2.75) is 18.9 Å². The smallest absolute Gasteiger partial charge is 0.369 e. The third-order valence-electron chi connectivity index (χ3n) is 5.15. The number of benzene rings is 2. The highest BCUT2D eigenvalue weighted by molar-refractivity contribution is 5.76. The van der Waals surface area contributed by atoms with E-state index >= 15 is 0 Å². The summed E-state index contributed by atoms with van der Waals surface area (Å²) in [7, 11) is 0. The Morgan fingerprint density at radius 3 is 2.36 bits per heavy atom. The summed E-state index contributed by atoms with van der Waals surface area (Å²) in [5.41, 5.74) is 6.02. The minimum Gasteiger partial charge on any atom is -0.617 e. The number of rotatable bonds is 2. The zero-order valence-electron chi connectivity index (χ0n) is 15.0. The van der Waals surface area contributed by atoms with Crippen LogP contribution >= 0.6 is 0 Å². The van der Waals surface area contributed by atoms with Gasteiger partial charge in [0.1, 0.15) is 0 Å². The van der Waals surface area contributed by atoms with Crippen molar-refractivity contribution in [2.75, 3.05) is 18.0 Å². The second-order valence-corrected chi connectivity index (χ2v) is 6.88. The highest BCUT2D eigenvalue weighted by Gasteiger charge is 2.32. The molecule has 4 rings (SSSR count). The number of piperidine rings is 1. The van der Waals surface area contributed by atoms with Crippen molar-refractivity contribution >= 4 is 16.7 Å². The van der Waals surface area contributed by atoms with Gasteiger partial charge in [0, 0.05) is 25.2 Å². The van der Waals surface area contributed by atoms with E-state index in [1.54, 1.807) is 36.4 Å². The summed E-state index contributed by atoms with van der Waals surface area (Å²) in [5.74, 6) is -0.607. The van der Waals surface area contributed by atoms with Gasteiger partial charge in [-0.05, 0) is 25.0 Å². The molecule has 7 nitrogen and oxygen atoms in total. The molecule has 1 aromatic heterocycles. The summed E-state index contributed by atoms with van der Waals surface area (Å²) in [4.78, 5) is 1.83. The van der Waals surface area contributed by atoms with Crippen molar-refractivity contribution in [1.29, 1.82) is 5.26 Å². The highest BCUT2D eigenvalue weighted by atomic mass is 19.1. The molecule has 8 heteroatoms. The molecule has 0 amide bonds. The lowest BCUT2D eigenvalue weighted by molar-refractivity contribution is -0.622. The molecule has 28 heavy (non-hydrogen) atoms. The summed E-state index contributed by atoms with van der Waals surface area (Å²) in [6.45, 7) is 1.14. The first-order valence-corrected chi connectivity index (χ1v) is 8.99. The van der Waals surface area contributed by atoms with Crippen LogP contribution in [0.4, 0.5) is 10.1 Å². The van der Waals surface area contributed by atoms with E-state index in [2.05, 4.69) is 0 Å². The molecule has 0 atom stereocenters. The van der Waals surface area contributed by atoms with Gasteiger partial charge in [-0.3, -0.25) is 0 Å². The third kappa shape index (κ3) is 2.86. The lowest BCUT2D eigenvalue weighted by Crippen LogP contribution is -2.44. The maximum Gasteiger partial charge on any atom is 0.369 e. The molecule has 0 saturated carbocycles. The van der Waals surface area contributed by atoms with Gasteiger partial charge in [-0.1, -0.05) is 18.2 Å². The largest absolute Gasteiger partial charge is 0.617 e. The van der Waals surface area contributed by atoms with Crippen LogP contribution < -0.4 is 20.1 Å². The van der Waals surface area contributed by atoms with Crippen molar-refractivity contribution in [2.24, 2.45) is 5.73 Å². The summed E-state index contributed by atoms with van der Waals surface area (Å²) >= 11 is 0. The molecule has 0 spiro atoms. The average Bonchev–Trinajstić information content (AvgIpc) is 2.71. The van der Waals surface area contributed by atoms with E-state index in [0.29, 0.717) is 28.1 Å². The van der Waals surface area contributed by atoms with Crippen LogP contribution in [0.2, 0.25) is 0 Å². The second-order valence-electron chi connectivity index (χ2n) is 6.88.